The van der Waals surface area contributed by atoms with E-state index in [1.807, 2.05) is 23.4 Å². The molecule has 0 radical (unpaired) electrons. The Bertz CT molecular complexity index is 542. The zero-order valence-electron chi connectivity index (χ0n) is 14.7. The molecular formula is C17H28N4O3. The molecule has 3 rings (SSSR count). The van der Waals surface area contributed by atoms with Crippen molar-refractivity contribution in [2.24, 2.45) is 7.05 Å². The van der Waals surface area contributed by atoms with E-state index in [-0.39, 0.29) is 24.2 Å². The SMILES string of the molecule is CC[C@H](OC1CCCCC1)C(=O)N1CCO[C@@H](c2nncn2C)C1. The number of rotatable bonds is 5. The summed E-state index contributed by atoms with van der Waals surface area (Å²) in [6.07, 6.45) is 7.90. The van der Waals surface area contributed by atoms with Crippen LogP contribution in [0.3, 0.4) is 0 Å². The van der Waals surface area contributed by atoms with Gasteiger partial charge in [-0.15, -0.1) is 10.2 Å². The van der Waals surface area contributed by atoms with E-state index in [0.29, 0.717) is 26.1 Å². The van der Waals surface area contributed by atoms with Crippen molar-refractivity contribution >= 4 is 5.91 Å². The van der Waals surface area contributed by atoms with Gasteiger partial charge in [0.05, 0.1) is 19.3 Å². The molecule has 0 unspecified atom stereocenters. The van der Waals surface area contributed by atoms with Crippen molar-refractivity contribution in [1.82, 2.24) is 19.7 Å². The van der Waals surface area contributed by atoms with Gasteiger partial charge < -0.3 is 18.9 Å². The van der Waals surface area contributed by atoms with Gasteiger partial charge in [0.25, 0.3) is 5.91 Å². The number of hydrogen-bond donors (Lipinski definition) is 0. The van der Waals surface area contributed by atoms with E-state index in [9.17, 15) is 4.79 Å². The zero-order chi connectivity index (χ0) is 16.9. The monoisotopic (exact) mass is 336 g/mol. The molecular weight excluding hydrogens is 308 g/mol. The van der Waals surface area contributed by atoms with Gasteiger partial charge in [0.1, 0.15) is 18.5 Å². The van der Waals surface area contributed by atoms with E-state index >= 15 is 0 Å². The third kappa shape index (κ3) is 3.95. The maximum atomic E-state index is 12.9. The quantitative estimate of drug-likeness (QED) is 0.821. The van der Waals surface area contributed by atoms with Crippen LogP contribution in [0.1, 0.15) is 57.4 Å². The van der Waals surface area contributed by atoms with Crippen LogP contribution in [0.25, 0.3) is 0 Å². The first-order valence-corrected chi connectivity index (χ1v) is 9.08. The smallest absolute Gasteiger partial charge is 0.251 e. The third-order valence-corrected chi connectivity index (χ3v) is 4.97. The highest BCUT2D eigenvalue weighted by Gasteiger charge is 2.32. The van der Waals surface area contributed by atoms with Crippen LogP contribution in [0.2, 0.25) is 0 Å². The van der Waals surface area contributed by atoms with Crippen LogP contribution in [0.15, 0.2) is 6.33 Å². The molecule has 1 aromatic heterocycles. The second-order valence-electron chi connectivity index (χ2n) is 6.74. The molecule has 1 saturated carbocycles. The summed E-state index contributed by atoms with van der Waals surface area (Å²) in [4.78, 5) is 14.8. The lowest BCUT2D eigenvalue weighted by molar-refractivity contribution is -0.156. The summed E-state index contributed by atoms with van der Waals surface area (Å²) in [7, 11) is 1.89. The number of carbonyl (C=O) groups excluding carboxylic acids is 1. The van der Waals surface area contributed by atoms with Gasteiger partial charge >= 0.3 is 0 Å². The van der Waals surface area contributed by atoms with E-state index in [0.717, 1.165) is 18.7 Å². The Labute approximate surface area is 143 Å². The molecule has 2 fully saturated rings. The fourth-order valence-corrected chi connectivity index (χ4v) is 3.56. The van der Waals surface area contributed by atoms with Crippen LogP contribution < -0.4 is 0 Å². The minimum atomic E-state index is -0.341. The number of carbonyl (C=O) groups is 1. The highest BCUT2D eigenvalue weighted by Crippen LogP contribution is 2.25. The molecule has 1 aliphatic heterocycles. The summed E-state index contributed by atoms with van der Waals surface area (Å²) in [5.74, 6) is 0.840. The molecule has 7 nitrogen and oxygen atoms in total. The molecule has 0 N–H and O–H groups in total. The Balaban J connectivity index is 1.60. The molecule has 1 aromatic rings. The summed E-state index contributed by atoms with van der Waals surface area (Å²) in [6.45, 7) is 3.66. The molecule has 1 amide bonds. The average molecular weight is 336 g/mol. The van der Waals surface area contributed by atoms with Gasteiger partial charge in [-0.05, 0) is 19.3 Å². The molecule has 0 spiro atoms. The van der Waals surface area contributed by atoms with Crippen molar-refractivity contribution in [3.63, 3.8) is 0 Å². The van der Waals surface area contributed by atoms with E-state index in [2.05, 4.69) is 10.2 Å². The minimum absolute atomic E-state index is 0.0820. The minimum Gasteiger partial charge on any atom is -0.366 e. The van der Waals surface area contributed by atoms with Crippen LogP contribution in [-0.4, -0.2) is 57.5 Å². The van der Waals surface area contributed by atoms with Crippen molar-refractivity contribution in [1.29, 1.82) is 0 Å². The van der Waals surface area contributed by atoms with Crippen molar-refractivity contribution < 1.29 is 14.3 Å². The summed E-state index contributed by atoms with van der Waals surface area (Å²) in [6, 6.07) is 0. The number of amides is 1. The zero-order valence-corrected chi connectivity index (χ0v) is 14.7. The fraction of sp³-hybridized carbons (Fsp3) is 0.824. The van der Waals surface area contributed by atoms with Crippen LogP contribution in [-0.2, 0) is 21.3 Å². The topological polar surface area (TPSA) is 69.5 Å². The predicted octanol–water partition coefficient (Wildman–Crippen LogP) is 1.84. The molecule has 1 aliphatic carbocycles. The summed E-state index contributed by atoms with van der Waals surface area (Å²) >= 11 is 0. The summed E-state index contributed by atoms with van der Waals surface area (Å²) in [5.41, 5.74) is 0. The summed E-state index contributed by atoms with van der Waals surface area (Å²) < 4.78 is 13.8. The molecule has 0 aromatic carbocycles. The van der Waals surface area contributed by atoms with Gasteiger partial charge in [0.2, 0.25) is 0 Å². The maximum absolute atomic E-state index is 12.9. The number of aromatic nitrogens is 3. The Hall–Kier alpha value is -1.47. The second kappa shape index (κ2) is 8.07. The molecule has 1 saturated heterocycles. The van der Waals surface area contributed by atoms with Gasteiger partial charge in [-0.1, -0.05) is 26.2 Å². The normalized spacial score (nSPS) is 24.1. The van der Waals surface area contributed by atoms with Crippen LogP contribution in [0.4, 0.5) is 0 Å². The first-order chi connectivity index (χ1) is 11.7. The molecule has 134 valence electrons. The molecule has 2 heterocycles. The van der Waals surface area contributed by atoms with Crippen LogP contribution in [0.5, 0.6) is 0 Å². The maximum Gasteiger partial charge on any atom is 0.251 e. The molecule has 0 bridgehead atoms. The number of morpholine rings is 1. The molecule has 24 heavy (non-hydrogen) atoms. The lowest BCUT2D eigenvalue weighted by Gasteiger charge is -2.35. The number of ether oxygens (including phenoxy) is 2. The fourth-order valence-electron chi connectivity index (χ4n) is 3.56. The van der Waals surface area contributed by atoms with Crippen LogP contribution in [0, 0.1) is 0 Å². The van der Waals surface area contributed by atoms with E-state index < -0.39 is 0 Å². The Morgan fingerprint density at radius 3 is 2.88 bits per heavy atom. The lowest BCUT2D eigenvalue weighted by atomic mass is 9.97. The van der Waals surface area contributed by atoms with Gasteiger partial charge in [-0.25, -0.2) is 0 Å². The van der Waals surface area contributed by atoms with E-state index in [1.165, 1.54) is 19.3 Å². The largest absolute Gasteiger partial charge is 0.366 e. The van der Waals surface area contributed by atoms with Crippen molar-refractivity contribution in [2.45, 2.75) is 63.8 Å². The number of nitrogens with zero attached hydrogens (tertiary/aromatic N) is 4. The van der Waals surface area contributed by atoms with Crippen molar-refractivity contribution in [3.05, 3.63) is 12.2 Å². The van der Waals surface area contributed by atoms with Gasteiger partial charge in [-0.3, -0.25) is 4.79 Å². The van der Waals surface area contributed by atoms with Crippen molar-refractivity contribution in [2.75, 3.05) is 19.7 Å². The van der Waals surface area contributed by atoms with Gasteiger partial charge in [-0.2, -0.15) is 0 Å². The number of aryl methyl sites for hydroxylation is 1. The number of hydrogen-bond acceptors (Lipinski definition) is 5. The van der Waals surface area contributed by atoms with Crippen molar-refractivity contribution in [3.8, 4) is 0 Å². The Morgan fingerprint density at radius 2 is 2.21 bits per heavy atom. The highest BCUT2D eigenvalue weighted by atomic mass is 16.5. The van der Waals surface area contributed by atoms with Gasteiger partial charge in [0, 0.05) is 13.6 Å². The lowest BCUT2D eigenvalue weighted by Crippen LogP contribution is -2.48. The average Bonchev–Trinajstić information content (AvgIpc) is 3.06. The first-order valence-electron chi connectivity index (χ1n) is 9.08. The molecule has 2 aliphatic rings. The molecule has 7 heteroatoms. The van der Waals surface area contributed by atoms with Gasteiger partial charge in [0.15, 0.2) is 5.82 Å². The van der Waals surface area contributed by atoms with E-state index in [1.54, 1.807) is 6.33 Å². The van der Waals surface area contributed by atoms with Crippen LogP contribution >= 0.6 is 0 Å². The molecule has 2 atom stereocenters. The highest BCUT2D eigenvalue weighted by molar-refractivity contribution is 5.81. The Morgan fingerprint density at radius 1 is 1.42 bits per heavy atom. The predicted molar refractivity (Wildman–Crippen MR) is 88.3 cm³/mol. The third-order valence-electron chi connectivity index (χ3n) is 4.97. The first kappa shape index (κ1) is 17.4. The standard InChI is InChI=1S/C17H28N4O3/c1-3-14(24-13-7-5-4-6-8-13)17(22)21-9-10-23-15(11-21)16-19-18-12-20(16)2/h12-15H,3-11H2,1-2H3/t14-,15+/m0/s1. The second-order valence-corrected chi connectivity index (χ2v) is 6.74. The Kier molecular flexibility index (Phi) is 5.84. The van der Waals surface area contributed by atoms with E-state index in [4.69, 9.17) is 9.47 Å². The summed E-state index contributed by atoms with van der Waals surface area (Å²) in [5, 5.41) is 8.01.